The van der Waals surface area contributed by atoms with Gasteiger partial charge in [-0.15, -0.1) is 11.3 Å². The molecule has 2 heterocycles. The average Bonchev–Trinajstić information content (AvgIpc) is 3.16. The smallest absolute Gasteiger partial charge is 0.338 e. The molecule has 0 amide bonds. The van der Waals surface area contributed by atoms with E-state index in [0.717, 1.165) is 15.9 Å². The predicted molar refractivity (Wildman–Crippen MR) is 147 cm³/mol. The molecule has 1 aliphatic rings. The van der Waals surface area contributed by atoms with Gasteiger partial charge in [-0.25, -0.2) is 9.59 Å². The molecule has 0 aliphatic carbocycles. The lowest BCUT2D eigenvalue weighted by Gasteiger charge is -2.27. The van der Waals surface area contributed by atoms with Crippen molar-refractivity contribution in [2.24, 2.45) is 5.73 Å². The Labute approximate surface area is 234 Å². The Hall–Kier alpha value is -2.75. The van der Waals surface area contributed by atoms with Crippen LogP contribution in [0.15, 0.2) is 46.8 Å². The second-order valence-electron chi connectivity index (χ2n) is 7.75. The number of thiazole rings is 1. The van der Waals surface area contributed by atoms with E-state index in [1.807, 2.05) is 0 Å². The number of methoxy groups -OCH3 is 1. The highest BCUT2D eigenvalue weighted by molar-refractivity contribution is 7.07. The van der Waals surface area contributed by atoms with Crippen LogP contribution in [0.2, 0.25) is 20.1 Å². The normalized spacial score (nSPS) is 15.6. The number of benzene rings is 2. The summed E-state index contributed by atoms with van der Waals surface area (Å²) in [5.74, 6) is -2.88. The summed E-state index contributed by atoms with van der Waals surface area (Å²) in [5, 5.41) is 1.28. The van der Waals surface area contributed by atoms with Crippen molar-refractivity contribution in [3.05, 3.63) is 92.7 Å². The van der Waals surface area contributed by atoms with Gasteiger partial charge in [0.05, 0.1) is 35.3 Å². The summed E-state index contributed by atoms with van der Waals surface area (Å²) < 4.78 is 11.8. The number of hydrogen-bond donors (Lipinski definition) is 1. The van der Waals surface area contributed by atoms with Crippen molar-refractivity contribution < 1.29 is 19.1 Å². The SMILES string of the molecule is CCOC(=O)C1=C(N)n2c(s/c(=C\c3ccc(Cl)cc3Cl)c2=O)=C(C(=O)OC)[C@H]1c1ccc(Cl)cc1Cl. The number of carbonyl (C=O) groups is 2. The van der Waals surface area contributed by atoms with Crippen molar-refractivity contribution in [3.63, 3.8) is 0 Å². The minimum atomic E-state index is -1.10. The van der Waals surface area contributed by atoms with Gasteiger partial charge >= 0.3 is 11.9 Å². The Kier molecular flexibility index (Phi) is 8.06. The van der Waals surface area contributed by atoms with Gasteiger partial charge in [-0.1, -0.05) is 58.5 Å². The molecule has 0 fully saturated rings. The van der Waals surface area contributed by atoms with E-state index in [1.165, 1.54) is 19.2 Å². The molecule has 0 bridgehead atoms. The fourth-order valence-electron chi connectivity index (χ4n) is 3.97. The van der Waals surface area contributed by atoms with Crippen LogP contribution in [0, 0.1) is 0 Å². The maximum absolute atomic E-state index is 13.5. The first-order valence-electron chi connectivity index (χ1n) is 10.7. The standard InChI is InChI=1S/C25H18Cl4N2O5S/c1-3-36-25(34)19-18(14-7-6-13(27)10-16(14)29)20(24(33)35-2)23-31(21(19)30)22(32)17(37-23)8-11-4-5-12(26)9-15(11)28/h4-10,18H,3,30H2,1-2H3/b17-8-/t18-/m0/s1. The van der Waals surface area contributed by atoms with Crippen molar-refractivity contribution in [3.8, 4) is 0 Å². The fraction of sp³-hybridized carbons (Fsp3) is 0.160. The molecule has 3 aromatic rings. The molecule has 0 saturated heterocycles. The first kappa shape index (κ1) is 27.3. The number of ether oxygens (including phenoxy) is 2. The van der Waals surface area contributed by atoms with E-state index in [-0.39, 0.29) is 37.8 Å². The van der Waals surface area contributed by atoms with Crippen LogP contribution < -0.4 is 20.5 Å². The quantitative estimate of drug-likeness (QED) is 0.442. The highest BCUT2D eigenvalue weighted by Crippen LogP contribution is 2.41. The molecular formula is C25H18Cl4N2O5S. The van der Waals surface area contributed by atoms with Gasteiger partial charge in [-0.05, 0) is 48.4 Å². The molecular weight excluding hydrogens is 582 g/mol. The van der Waals surface area contributed by atoms with Crippen molar-refractivity contribution in [2.45, 2.75) is 12.8 Å². The van der Waals surface area contributed by atoms with Gasteiger partial charge in [0.1, 0.15) is 10.5 Å². The zero-order valence-electron chi connectivity index (χ0n) is 19.3. The van der Waals surface area contributed by atoms with Crippen LogP contribution in [0.3, 0.4) is 0 Å². The summed E-state index contributed by atoms with van der Waals surface area (Å²) >= 11 is 25.9. The fourth-order valence-corrected chi connectivity index (χ4v) is 6.11. The topological polar surface area (TPSA) is 101 Å². The van der Waals surface area contributed by atoms with Gasteiger partial charge in [-0.3, -0.25) is 9.36 Å². The Morgan fingerprint density at radius 3 is 2.27 bits per heavy atom. The van der Waals surface area contributed by atoms with E-state index in [0.29, 0.717) is 26.2 Å². The molecule has 37 heavy (non-hydrogen) atoms. The van der Waals surface area contributed by atoms with Crippen LogP contribution in [0.1, 0.15) is 24.0 Å². The van der Waals surface area contributed by atoms with E-state index < -0.39 is 23.4 Å². The lowest BCUT2D eigenvalue weighted by molar-refractivity contribution is -0.138. The Balaban J connectivity index is 2.15. The summed E-state index contributed by atoms with van der Waals surface area (Å²) in [6.07, 6.45) is 1.55. The highest BCUT2D eigenvalue weighted by atomic mass is 35.5. The summed E-state index contributed by atoms with van der Waals surface area (Å²) in [4.78, 5) is 39.9. The zero-order valence-corrected chi connectivity index (χ0v) is 23.2. The van der Waals surface area contributed by atoms with Gasteiger partial charge in [0.15, 0.2) is 0 Å². The molecule has 0 radical (unpaired) electrons. The highest BCUT2D eigenvalue weighted by Gasteiger charge is 2.40. The molecule has 2 aromatic carbocycles. The largest absolute Gasteiger partial charge is 0.466 e. The lowest BCUT2D eigenvalue weighted by Crippen LogP contribution is -2.41. The number of aromatic nitrogens is 1. The average molecular weight is 600 g/mol. The molecule has 7 nitrogen and oxygen atoms in total. The summed E-state index contributed by atoms with van der Waals surface area (Å²) in [7, 11) is 1.19. The van der Waals surface area contributed by atoms with E-state index >= 15 is 0 Å². The second kappa shape index (κ2) is 10.9. The number of esters is 2. The first-order valence-corrected chi connectivity index (χ1v) is 13.0. The summed E-state index contributed by atoms with van der Waals surface area (Å²) in [6.45, 7) is 1.65. The summed E-state index contributed by atoms with van der Waals surface area (Å²) in [6, 6.07) is 9.43. The molecule has 192 valence electrons. The molecule has 0 saturated carbocycles. The number of fused-ring (bicyclic) bond motifs is 1. The zero-order chi connectivity index (χ0) is 27.0. The van der Waals surface area contributed by atoms with Crippen LogP contribution in [-0.4, -0.2) is 30.2 Å². The monoisotopic (exact) mass is 598 g/mol. The summed E-state index contributed by atoms with van der Waals surface area (Å²) in [5.41, 5.74) is 6.63. The predicted octanol–water partition coefficient (Wildman–Crippen LogP) is 4.16. The molecule has 1 aromatic heterocycles. The maximum atomic E-state index is 13.5. The van der Waals surface area contributed by atoms with Gasteiger partial charge in [0.25, 0.3) is 5.56 Å². The van der Waals surface area contributed by atoms with Crippen LogP contribution in [-0.2, 0) is 19.1 Å². The Morgan fingerprint density at radius 2 is 1.68 bits per heavy atom. The van der Waals surface area contributed by atoms with E-state index in [9.17, 15) is 14.4 Å². The van der Waals surface area contributed by atoms with Gasteiger partial charge < -0.3 is 15.2 Å². The van der Waals surface area contributed by atoms with Crippen LogP contribution in [0.25, 0.3) is 17.5 Å². The Bertz CT molecular complexity index is 1660. The molecule has 4 rings (SSSR count). The number of nitrogens with two attached hydrogens (primary N) is 1. The molecule has 12 heteroatoms. The Morgan fingerprint density at radius 1 is 1.03 bits per heavy atom. The number of halogens is 4. The van der Waals surface area contributed by atoms with E-state index in [4.69, 9.17) is 61.6 Å². The maximum Gasteiger partial charge on any atom is 0.338 e. The van der Waals surface area contributed by atoms with Crippen molar-refractivity contribution >= 4 is 87.1 Å². The minimum Gasteiger partial charge on any atom is -0.466 e. The minimum absolute atomic E-state index is 0.00655. The molecule has 2 N–H and O–H groups in total. The van der Waals surface area contributed by atoms with Crippen LogP contribution in [0.4, 0.5) is 0 Å². The van der Waals surface area contributed by atoms with Crippen molar-refractivity contribution in [1.29, 1.82) is 0 Å². The number of carbonyl (C=O) groups excluding carboxylic acids is 2. The second-order valence-corrected chi connectivity index (χ2v) is 10.5. The van der Waals surface area contributed by atoms with Crippen LogP contribution in [0.5, 0.6) is 0 Å². The molecule has 0 spiro atoms. The van der Waals surface area contributed by atoms with Gasteiger partial charge in [0, 0.05) is 20.1 Å². The van der Waals surface area contributed by atoms with Crippen molar-refractivity contribution in [2.75, 3.05) is 13.7 Å². The number of nitrogens with zero attached hydrogens (tertiary/aromatic N) is 1. The number of hydrogen-bond acceptors (Lipinski definition) is 7. The van der Waals surface area contributed by atoms with Gasteiger partial charge in [-0.2, -0.15) is 0 Å². The third-order valence-corrected chi connectivity index (χ3v) is 7.80. The molecule has 1 atom stereocenters. The van der Waals surface area contributed by atoms with Crippen molar-refractivity contribution in [1.82, 2.24) is 4.57 Å². The molecule has 0 unspecified atom stereocenters. The third kappa shape index (κ3) is 5.04. The first-order chi connectivity index (χ1) is 17.6. The third-order valence-electron chi connectivity index (χ3n) is 5.57. The van der Waals surface area contributed by atoms with E-state index in [2.05, 4.69) is 0 Å². The van der Waals surface area contributed by atoms with Crippen LogP contribution >= 0.6 is 57.7 Å². The lowest BCUT2D eigenvalue weighted by atomic mass is 9.83. The van der Waals surface area contributed by atoms with E-state index in [1.54, 1.807) is 37.3 Å². The van der Waals surface area contributed by atoms with Gasteiger partial charge in [0.2, 0.25) is 0 Å². The number of rotatable bonds is 5. The molecule has 1 aliphatic heterocycles.